The first-order chi connectivity index (χ1) is 7.18. The van der Waals surface area contributed by atoms with Crippen LogP contribution in [0.4, 0.5) is 0 Å². The highest BCUT2D eigenvalue weighted by Gasteiger charge is 2.09. The lowest BCUT2D eigenvalue weighted by molar-refractivity contribution is -0.138. The van der Waals surface area contributed by atoms with Crippen LogP contribution in [0.2, 0.25) is 0 Å². The minimum atomic E-state index is -0.921. The summed E-state index contributed by atoms with van der Waals surface area (Å²) < 4.78 is 3.97. The molecule has 0 saturated carbocycles. The molecular weight excluding hydrogens is 214 g/mol. The smallest absolute Gasteiger partial charge is 0.320 e. The molecule has 0 rings (SSSR count). The summed E-state index contributed by atoms with van der Waals surface area (Å²) in [4.78, 5) is 10.4. The number of aliphatic carboxylic acids is 1. The van der Waals surface area contributed by atoms with Gasteiger partial charge in [0.1, 0.15) is 6.04 Å². The molecule has 0 aromatic rings. The molecule has 0 saturated heterocycles. The van der Waals surface area contributed by atoms with E-state index in [1.165, 1.54) is 11.9 Å². The van der Waals surface area contributed by atoms with Crippen molar-refractivity contribution in [2.45, 2.75) is 25.3 Å². The van der Waals surface area contributed by atoms with Gasteiger partial charge in [-0.15, -0.1) is 0 Å². The highest BCUT2D eigenvalue weighted by Crippen LogP contribution is 1.97. The lowest BCUT2D eigenvalue weighted by Crippen LogP contribution is -2.30. The number of carboxylic acids is 1. The van der Waals surface area contributed by atoms with Gasteiger partial charge in [0.05, 0.1) is 0 Å². The van der Waals surface area contributed by atoms with Gasteiger partial charge in [-0.25, -0.2) is 4.40 Å². The third kappa shape index (κ3) is 9.71. The Morgan fingerprint density at radius 1 is 1.67 bits per heavy atom. The van der Waals surface area contributed by atoms with Crippen LogP contribution in [0, 0.1) is 0 Å². The van der Waals surface area contributed by atoms with Gasteiger partial charge in [0.15, 0.2) is 0 Å². The van der Waals surface area contributed by atoms with Gasteiger partial charge < -0.3 is 16.2 Å². The van der Waals surface area contributed by atoms with Crippen molar-refractivity contribution in [1.82, 2.24) is 5.32 Å². The summed E-state index contributed by atoms with van der Waals surface area (Å²) >= 11 is 1.42. The Hall–Kier alpha value is -0.590. The predicted octanol–water partition coefficient (Wildman–Crippen LogP) is 0.507. The maximum absolute atomic E-state index is 10.4. The zero-order chi connectivity index (χ0) is 11.5. The fraction of sp³-hybridized carbons (Fsp3) is 0.778. The molecule has 0 aromatic carbocycles. The van der Waals surface area contributed by atoms with Crippen molar-refractivity contribution in [2.24, 2.45) is 10.1 Å². The molecule has 0 aliphatic carbocycles. The normalized spacial score (nSPS) is 13.2. The van der Waals surface area contributed by atoms with E-state index in [4.69, 9.17) is 10.8 Å². The van der Waals surface area contributed by atoms with E-state index in [2.05, 4.69) is 9.71 Å². The van der Waals surface area contributed by atoms with E-state index in [1.807, 2.05) is 12.5 Å². The van der Waals surface area contributed by atoms with Crippen LogP contribution in [-0.2, 0) is 4.79 Å². The highest BCUT2D eigenvalue weighted by molar-refractivity contribution is 7.97. The molecule has 0 spiro atoms. The van der Waals surface area contributed by atoms with E-state index >= 15 is 0 Å². The number of unbranched alkanes of at least 4 members (excludes halogenated alkanes) is 1. The van der Waals surface area contributed by atoms with Crippen molar-refractivity contribution in [1.29, 1.82) is 0 Å². The minimum absolute atomic E-state index is 0.538. The average molecular weight is 233 g/mol. The van der Waals surface area contributed by atoms with Gasteiger partial charge in [-0.05, 0) is 31.3 Å². The Kier molecular flexibility index (Phi) is 9.55. The second-order valence-electron chi connectivity index (χ2n) is 3.12. The average Bonchev–Trinajstić information content (AvgIpc) is 2.21. The molecule has 0 bridgehead atoms. The van der Waals surface area contributed by atoms with Crippen LogP contribution >= 0.6 is 11.9 Å². The van der Waals surface area contributed by atoms with Gasteiger partial charge in [-0.3, -0.25) is 4.79 Å². The quantitative estimate of drug-likeness (QED) is 0.307. The van der Waals surface area contributed by atoms with Crippen molar-refractivity contribution in [3.8, 4) is 0 Å². The van der Waals surface area contributed by atoms with E-state index < -0.39 is 12.0 Å². The maximum Gasteiger partial charge on any atom is 0.320 e. The van der Waals surface area contributed by atoms with Crippen LogP contribution in [0.15, 0.2) is 4.40 Å². The summed E-state index contributed by atoms with van der Waals surface area (Å²) in [6, 6.07) is -0.719. The van der Waals surface area contributed by atoms with E-state index in [9.17, 15) is 4.79 Å². The number of carboxylic acid groups (broad SMARTS) is 1. The Labute approximate surface area is 94.7 Å². The number of nitrogens with two attached hydrogens (primary N) is 1. The lowest BCUT2D eigenvalue weighted by atomic mass is 10.1. The molecule has 5 nitrogen and oxygen atoms in total. The Morgan fingerprint density at radius 3 is 3.00 bits per heavy atom. The predicted molar refractivity (Wildman–Crippen MR) is 64.3 cm³/mol. The van der Waals surface area contributed by atoms with Gasteiger partial charge >= 0.3 is 5.97 Å². The summed E-state index contributed by atoms with van der Waals surface area (Å²) in [6.45, 7) is 1.62. The molecule has 88 valence electrons. The summed E-state index contributed by atoms with van der Waals surface area (Å²) in [5.41, 5.74) is 5.35. The molecule has 0 amide bonds. The number of nitrogens with zero attached hydrogens (tertiary/aromatic N) is 1. The summed E-state index contributed by atoms with van der Waals surface area (Å²) in [5.74, 6) is -0.921. The van der Waals surface area contributed by atoms with Crippen molar-refractivity contribution in [2.75, 3.05) is 19.3 Å². The molecule has 0 unspecified atom stereocenters. The van der Waals surface area contributed by atoms with E-state index in [1.54, 1.807) is 0 Å². The van der Waals surface area contributed by atoms with Crippen molar-refractivity contribution in [3.63, 3.8) is 0 Å². The molecule has 0 aliphatic rings. The highest BCUT2D eigenvalue weighted by atomic mass is 32.2. The van der Waals surface area contributed by atoms with Crippen molar-refractivity contribution >= 4 is 24.1 Å². The Morgan fingerprint density at radius 2 is 2.40 bits per heavy atom. The van der Waals surface area contributed by atoms with Crippen LogP contribution < -0.4 is 11.1 Å². The van der Waals surface area contributed by atoms with Gasteiger partial charge in [-0.2, -0.15) is 0 Å². The molecule has 0 aromatic heterocycles. The van der Waals surface area contributed by atoms with E-state index in [-0.39, 0.29) is 0 Å². The second kappa shape index (κ2) is 9.95. The lowest BCUT2D eigenvalue weighted by Gasteiger charge is -2.05. The third-order valence-electron chi connectivity index (χ3n) is 1.85. The SMILES string of the molecule is CSN=CCNCCCC[C@H](N)C(=O)O. The standard InChI is InChI=1S/C9H19N3O2S/c1-15-12-7-6-11-5-3-2-4-8(10)9(13)14/h7-8,11H,2-6,10H2,1H3,(H,13,14)/t8-/m0/s1. The fourth-order valence-electron chi connectivity index (χ4n) is 1.02. The second-order valence-corrected chi connectivity index (χ2v) is 3.69. The molecule has 0 heterocycles. The summed E-state index contributed by atoms with van der Waals surface area (Å²) in [6.07, 6.45) is 6.03. The van der Waals surface area contributed by atoms with Gasteiger partial charge in [-0.1, -0.05) is 6.42 Å². The van der Waals surface area contributed by atoms with Crippen LogP contribution in [0.3, 0.4) is 0 Å². The van der Waals surface area contributed by atoms with Crippen molar-refractivity contribution in [3.05, 3.63) is 0 Å². The first-order valence-corrected chi connectivity index (χ1v) is 6.10. The molecular formula is C9H19N3O2S. The van der Waals surface area contributed by atoms with Crippen molar-refractivity contribution < 1.29 is 9.90 Å². The molecule has 4 N–H and O–H groups in total. The first-order valence-electron chi connectivity index (χ1n) is 4.92. The molecule has 0 aliphatic heterocycles. The Balaban J connectivity index is 3.18. The zero-order valence-electron chi connectivity index (χ0n) is 8.98. The van der Waals surface area contributed by atoms with Gasteiger partial charge in [0, 0.05) is 19.0 Å². The monoisotopic (exact) mass is 233 g/mol. The van der Waals surface area contributed by atoms with Gasteiger partial charge in [0.25, 0.3) is 0 Å². The van der Waals surface area contributed by atoms with Crippen LogP contribution in [0.25, 0.3) is 0 Å². The number of hydrogen-bond acceptors (Lipinski definition) is 5. The zero-order valence-corrected chi connectivity index (χ0v) is 9.80. The maximum atomic E-state index is 10.4. The number of carbonyl (C=O) groups is 1. The summed E-state index contributed by atoms with van der Waals surface area (Å²) in [5, 5.41) is 11.7. The molecule has 15 heavy (non-hydrogen) atoms. The van der Waals surface area contributed by atoms with E-state index in [0.29, 0.717) is 6.42 Å². The molecule has 0 fully saturated rings. The fourth-order valence-corrected chi connectivity index (χ4v) is 1.24. The topological polar surface area (TPSA) is 87.7 Å². The minimum Gasteiger partial charge on any atom is -0.480 e. The Bertz CT molecular complexity index is 200. The molecule has 6 heteroatoms. The van der Waals surface area contributed by atoms with Crippen LogP contribution in [-0.4, -0.2) is 42.7 Å². The van der Waals surface area contributed by atoms with Crippen LogP contribution in [0.5, 0.6) is 0 Å². The molecule has 1 atom stereocenters. The molecule has 0 radical (unpaired) electrons. The largest absolute Gasteiger partial charge is 0.480 e. The third-order valence-corrected chi connectivity index (χ3v) is 2.21. The number of hydrogen-bond donors (Lipinski definition) is 3. The number of nitrogens with one attached hydrogen (secondary N) is 1. The van der Waals surface area contributed by atoms with E-state index in [0.717, 1.165) is 25.9 Å². The van der Waals surface area contributed by atoms with Crippen LogP contribution in [0.1, 0.15) is 19.3 Å². The first kappa shape index (κ1) is 14.4. The number of rotatable bonds is 9. The summed E-state index contributed by atoms with van der Waals surface area (Å²) in [7, 11) is 0. The van der Waals surface area contributed by atoms with Gasteiger partial charge in [0.2, 0.25) is 0 Å².